The molecule has 1 aliphatic rings. The Morgan fingerprint density at radius 1 is 1.62 bits per heavy atom. The van der Waals surface area contributed by atoms with Gasteiger partial charge in [-0.25, -0.2) is 13.4 Å². The topological polar surface area (TPSA) is 75.7 Å². The minimum absolute atomic E-state index is 0.136. The Kier molecular flexibility index (Phi) is 3.03. The summed E-state index contributed by atoms with van der Waals surface area (Å²) in [7, 11) is -3.45. The molecule has 88 valence electrons. The van der Waals surface area contributed by atoms with Crippen molar-refractivity contribution >= 4 is 21.4 Å². The molecule has 0 amide bonds. The van der Waals surface area contributed by atoms with Crippen molar-refractivity contribution in [2.24, 2.45) is 0 Å². The zero-order valence-corrected chi connectivity index (χ0v) is 10.3. The van der Waals surface area contributed by atoms with E-state index in [2.05, 4.69) is 15.2 Å². The Bertz CT molecular complexity index is 513. The van der Waals surface area contributed by atoms with Crippen molar-refractivity contribution in [3.8, 4) is 0 Å². The predicted octanol–water partition coefficient (Wildman–Crippen LogP) is 1.60. The number of sulfone groups is 1. The van der Waals surface area contributed by atoms with Crippen LogP contribution in [0.4, 0.5) is 0 Å². The van der Waals surface area contributed by atoms with Crippen LogP contribution < -0.4 is 0 Å². The Morgan fingerprint density at radius 2 is 2.31 bits per heavy atom. The molecule has 1 N–H and O–H groups in total. The molecule has 2 rings (SSSR count). The molecule has 0 atom stereocenters. The van der Waals surface area contributed by atoms with Crippen LogP contribution in [0.15, 0.2) is 16.3 Å². The number of nitrogens with zero attached hydrogens (tertiary/aromatic N) is 2. The van der Waals surface area contributed by atoms with Crippen molar-refractivity contribution in [2.75, 3.05) is 5.75 Å². The van der Waals surface area contributed by atoms with Gasteiger partial charge in [-0.1, -0.05) is 17.7 Å². The maximum absolute atomic E-state index is 11.7. The quantitative estimate of drug-likeness (QED) is 0.893. The lowest BCUT2D eigenvalue weighted by atomic mass is 10.4. The summed E-state index contributed by atoms with van der Waals surface area (Å²) < 4.78 is 23.5. The minimum atomic E-state index is -3.45. The molecule has 5 nitrogen and oxygen atoms in total. The van der Waals surface area contributed by atoms with Gasteiger partial charge < -0.3 is 0 Å². The van der Waals surface area contributed by atoms with E-state index in [-0.39, 0.29) is 10.9 Å². The van der Waals surface area contributed by atoms with Crippen LogP contribution in [0.3, 0.4) is 0 Å². The Hall–Kier alpha value is -0.880. The van der Waals surface area contributed by atoms with Crippen LogP contribution in [0.5, 0.6) is 0 Å². The molecule has 7 heteroatoms. The first-order valence-electron chi connectivity index (χ1n) is 4.96. The molecule has 1 aromatic heterocycles. The van der Waals surface area contributed by atoms with E-state index in [1.807, 2.05) is 0 Å². The van der Waals surface area contributed by atoms with E-state index < -0.39 is 9.84 Å². The molecule has 0 spiro atoms. The third-order valence-electron chi connectivity index (χ3n) is 2.31. The summed E-state index contributed by atoms with van der Waals surface area (Å²) in [5, 5.41) is 6.71. The Morgan fingerprint density at radius 3 is 2.88 bits per heavy atom. The molecule has 1 heterocycles. The molecule has 1 saturated carbocycles. The summed E-state index contributed by atoms with van der Waals surface area (Å²) in [6.07, 6.45) is 3.54. The second-order valence-corrected chi connectivity index (χ2v) is 6.37. The van der Waals surface area contributed by atoms with Crippen molar-refractivity contribution in [3.63, 3.8) is 0 Å². The average molecular weight is 262 g/mol. The number of H-pyrrole nitrogens is 1. The number of hydrogen-bond acceptors (Lipinski definition) is 4. The van der Waals surface area contributed by atoms with Crippen LogP contribution in [0.1, 0.15) is 31.5 Å². The summed E-state index contributed by atoms with van der Waals surface area (Å²) in [5.74, 6) is 0.872. The standard InChI is InChI=1S/C9H12ClN3O2S/c1-6(10)4-5-16(14,15)9-11-8(12-13-9)7-2-3-7/h4,7H,2-3,5H2,1H3,(H,11,12,13). The van der Waals surface area contributed by atoms with Crippen molar-refractivity contribution in [1.82, 2.24) is 15.2 Å². The number of allylic oxidation sites excluding steroid dienone is 1. The fraction of sp³-hybridized carbons (Fsp3) is 0.556. The number of nitrogens with one attached hydrogen (secondary N) is 1. The van der Waals surface area contributed by atoms with Gasteiger partial charge in [0.2, 0.25) is 9.84 Å². The van der Waals surface area contributed by atoms with Gasteiger partial charge in [0.25, 0.3) is 5.16 Å². The molecule has 1 aromatic rings. The summed E-state index contributed by atoms with van der Waals surface area (Å²) in [6.45, 7) is 1.63. The van der Waals surface area contributed by atoms with Gasteiger partial charge in [0.1, 0.15) is 5.82 Å². The second kappa shape index (κ2) is 4.18. The smallest absolute Gasteiger partial charge is 0.262 e. The van der Waals surface area contributed by atoms with Crippen LogP contribution in [0.2, 0.25) is 0 Å². The van der Waals surface area contributed by atoms with E-state index in [9.17, 15) is 8.42 Å². The number of rotatable bonds is 4. The molecule has 16 heavy (non-hydrogen) atoms. The van der Waals surface area contributed by atoms with E-state index >= 15 is 0 Å². The molecule has 0 saturated heterocycles. The van der Waals surface area contributed by atoms with Crippen molar-refractivity contribution in [3.05, 3.63) is 16.9 Å². The molecule has 0 radical (unpaired) electrons. The fourth-order valence-corrected chi connectivity index (χ4v) is 2.44. The van der Waals surface area contributed by atoms with E-state index in [1.54, 1.807) is 6.92 Å². The summed E-state index contributed by atoms with van der Waals surface area (Å²) in [5.41, 5.74) is 0. The van der Waals surface area contributed by atoms with Gasteiger partial charge in [-0.2, -0.15) is 0 Å². The largest absolute Gasteiger partial charge is 0.267 e. The molecule has 0 aromatic carbocycles. The van der Waals surface area contributed by atoms with Gasteiger partial charge in [0.05, 0.1) is 5.75 Å². The number of hydrogen-bond donors (Lipinski definition) is 1. The normalized spacial score (nSPS) is 17.8. The first kappa shape index (κ1) is 11.6. The van der Waals surface area contributed by atoms with Crippen LogP contribution in [0, 0.1) is 0 Å². The van der Waals surface area contributed by atoms with Crippen molar-refractivity contribution in [1.29, 1.82) is 0 Å². The lowest BCUT2D eigenvalue weighted by molar-refractivity contribution is 0.590. The molecule has 0 aliphatic heterocycles. The SMILES string of the molecule is CC(Cl)=CCS(=O)(=O)c1n[nH]c(C2CC2)n1. The highest BCUT2D eigenvalue weighted by Crippen LogP contribution is 2.37. The predicted molar refractivity (Wildman–Crippen MR) is 60.0 cm³/mol. The van der Waals surface area contributed by atoms with Gasteiger partial charge in [0, 0.05) is 11.0 Å². The first-order chi connectivity index (χ1) is 7.49. The molecule has 1 fully saturated rings. The Balaban J connectivity index is 2.18. The van der Waals surface area contributed by atoms with Gasteiger partial charge in [-0.15, -0.1) is 5.10 Å². The first-order valence-corrected chi connectivity index (χ1v) is 6.99. The van der Waals surface area contributed by atoms with Gasteiger partial charge >= 0.3 is 0 Å². The van der Waals surface area contributed by atoms with Crippen molar-refractivity contribution < 1.29 is 8.42 Å². The highest BCUT2D eigenvalue weighted by atomic mass is 35.5. The number of aromatic nitrogens is 3. The lowest BCUT2D eigenvalue weighted by Gasteiger charge is -1.94. The van der Waals surface area contributed by atoms with E-state index in [0.29, 0.717) is 16.8 Å². The summed E-state index contributed by atoms with van der Waals surface area (Å²) >= 11 is 5.58. The zero-order valence-electron chi connectivity index (χ0n) is 8.77. The summed E-state index contributed by atoms with van der Waals surface area (Å²) in [6, 6.07) is 0. The molecule has 0 bridgehead atoms. The van der Waals surface area contributed by atoms with Gasteiger partial charge in [0.15, 0.2) is 0 Å². The number of halogens is 1. The molecular weight excluding hydrogens is 250 g/mol. The maximum atomic E-state index is 11.7. The monoisotopic (exact) mass is 261 g/mol. The fourth-order valence-electron chi connectivity index (χ4n) is 1.24. The minimum Gasteiger partial charge on any atom is -0.262 e. The second-order valence-electron chi connectivity index (χ2n) is 3.85. The van der Waals surface area contributed by atoms with Crippen LogP contribution in [-0.2, 0) is 9.84 Å². The highest BCUT2D eigenvalue weighted by Gasteiger charge is 2.29. The van der Waals surface area contributed by atoms with Gasteiger partial charge in [-0.05, 0) is 19.8 Å². The molecular formula is C9H12ClN3O2S. The van der Waals surface area contributed by atoms with Crippen molar-refractivity contribution in [2.45, 2.75) is 30.8 Å². The molecule has 1 aliphatic carbocycles. The van der Waals surface area contributed by atoms with Crippen LogP contribution >= 0.6 is 11.6 Å². The maximum Gasteiger partial charge on any atom is 0.267 e. The highest BCUT2D eigenvalue weighted by molar-refractivity contribution is 7.91. The average Bonchev–Trinajstić information content (AvgIpc) is 2.93. The number of aromatic amines is 1. The third kappa shape index (κ3) is 2.62. The zero-order chi connectivity index (χ0) is 11.8. The lowest BCUT2D eigenvalue weighted by Crippen LogP contribution is -2.07. The Labute approximate surface area is 98.8 Å². The summed E-state index contributed by atoms with van der Waals surface area (Å²) in [4.78, 5) is 3.99. The molecule has 0 unspecified atom stereocenters. The van der Waals surface area contributed by atoms with Crippen LogP contribution in [-0.4, -0.2) is 29.4 Å². The third-order valence-corrected chi connectivity index (χ3v) is 3.81. The van der Waals surface area contributed by atoms with E-state index in [4.69, 9.17) is 11.6 Å². The van der Waals surface area contributed by atoms with Gasteiger partial charge in [-0.3, -0.25) is 5.10 Å². The van der Waals surface area contributed by atoms with Crippen LogP contribution in [0.25, 0.3) is 0 Å². The van der Waals surface area contributed by atoms with E-state index in [1.165, 1.54) is 6.08 Å². The van der Waals surface area contributed by atoms with E-state index in [0.717, 1.165) is 12.8 Å².